The number of carboxylic acids is 1. The van der Waals surface area contributed by atoms with Gasteiger partial charge in [-0.3, -0.25) is 9.59 Å². The molecule has 1 unspecified atom stereocenters. The zero-order valence-corrected chi connectivity index (χ0v) is 11.2. The molecule has 0 aliphatic carbocycles. The molecule has 1 atom stereocenters. The van der Waals surface area contributed by atoms with Crippen LogP contribution in [0.25, 0.3) is 0 Å². The third kappa shape index (κ3) is 3.77. The van der Waals surface area contributed by atoms with Gasteiger partial charge in [-0.1, -0.05) is 19.9 Å². The fourth-order valence-corrected chi connectivity index (χ4v) is 1.63. The number of amides is 1. The predicted molar refractivity (Wildman–Crippen MR) is 70.2 cm³/mol. The van der Waals surface area contributed by atoms with Crippen LogP contribution in [0, 0.1) is 17.2 Å². The van der Waals surface area contributed by atoms with E-state index < -0.39 is 23.1 Å². The Bertz CT molecular complexity index is 487. The van der Waals surface area contributed by atoms with E-state index in [0.29, 0.717) is 5.69 Å². The topological polar surface area (TPSA) is 66.4 Å². The lowest BCUT2D eigenvalue weighted by Gasteiger charge is -2.28. The molecule has 0 radical (unpaired) electrons. The van der Waals surface area contributed by atoms with Gasteiger partial charge in [0.1, 0.15) is 5.82 Å². The Balaban J connectivity index is 2.77. The van der Waals surface area contributed by atoms with Crippen molar-refractivity contribution in [2.24, 2.45) is 11.3 Å². The Labute approximate surface area is 111 Å². The number of halogens is 1. The summed E-state index contributed by atoms with van der Waals surface area (Å²) in [6.45, 7) is 5.04. The molecule has 0 aliphatic heterocycles. The third-order valence-electron chi connectivity index (χ3n) is 3.40. The van der Waals surface area contributed by atoms with Crippen molar-refractivity contribution in [2.45, 2.75) is 27.2 Å². The van der Waals surface area contributed by atoms with Crippen molar-refractivity contribution < 1.29 is 19.1 Å². The number of rotatable bonds is 5. The highest BCUT2D eigenvalue weighted by atomic mass is 19.1. The average Bonchev–Trinajstić information content (AvgIpc) is 2.27. The molecule has 1 amide bonds. The molecule has 19 heavy (non-hydrogen) atoms. The van der Waals surface area contributed by atoms with Crippen molar-refractivity contribution in [1.82, 2.24) is 0 Å². The minimum Gasteiger partial charge on any atom is -0.481 e. The maximum atomic E-state index is 13.0. The largest absolute Gasteiger partial charge is 0.481 e. The van der Waals surface area contributed by atoms with Crippen molar-refractivity contribution >= 4 is 17.6 Å². The maximum absolute atomic E-state index is 13.0. The molecule has 1 rings (SSSR count). The second kappa shape index (κ2) is 5.82. The van der Waals surface area contributed by atoms with Crippen LogP contribution in [0.3, 0.4) is 0 Å². The van der Waals surface area contributed by atoms with Gasteiger partial charge in [0.15, 0.2) is 0 Å². The number of anilines is 1. The van der Waals surface area contributed by atoms with Crippen molar-refractivity contribution in [3.8, 4) is 0 Å². The van der Waals surface area contributed by atoms with E-state index in [2.05, 4.69) is 5.32 Å². The SMILES string of the molecule is CC(C)C(C)(CC(=O)Nc1cccc(F)c1)C(=O)O. The molecule has 0 saturated heterocycles. The summed E-state index contributed by atoms with van der Waals surface area (Å²) in [7, 11) is 0. The quantitative estimate of drug-likeness (QED) is 0.862. The highest BCUT2D eigenvalue weighted by Gasteiger charge is 2.38. The molecule has 1 aromatic rings. The first-order valence-corrected chi connectivity index (χ1v) is 6.04. The molecule has 104 valence electrons. The summed E-state index contributed by atoms with van der Waals surface area (Å²) in [6.07, 6.45) is -0.156. The Kier molecular flexibility index (Phi) is 4.64. The smallest absolute Gasteiger partial charge is 0.310 e. The number of hydrogen-bond acceptors (Lipinski definition) is 2. The Morgan fingerprint density at radius 1 is 1.42 bits per heavy atom. The summed E-state index contributed by atoms with van der Waals surface area (Å²) in [6, 6.07) is 5.48. The molecule has 0 bridgehead atoms. The molecule has 5 heteroatoms. The van der Waals surface area contributed by atoms with E-state index in [0.717, 1.165) is 0 Å². The van der Waals surface area contributed by atoms with Crippen LogP contribution in [0.5, 0.6) is 0 Å². The van der Waals surface area contributed by atoms with Crippen molar-refractivity contribution in [1.29, 1.82) is 0 Å². The molecule has 0 saturated carbocycles. The van der Waals surface area contributed by atoms with E-state index >= 15 is 0 Å². The van der Waals surface area contributed by atoms with Gasteiger partial charge in [-0.2, -0.15) is 0 Å². The first kappa shape index (κ1) is 15.1. The number of aliphatic carboxylic acids is 1. The molecule has 0 spiro atoms. The van der Waals surface area contributed by atoms with Crippen LogP contribution in [-0.2, 0) is 9.59 Å². The number of hydrogen-bond donors (Lipinski definition) is 2. The van der Waals surface area contributed by atoms with Gasteiger partial charge in [0.2, 0.25) is 5.91 Å². The van der Waals surface area contributed by atoms with E-state index in [-0.39, 0.29) is 12.3 Å². The number of carboxylic acid groups (broad SMARTS) is 1. The summed E-state index contributed by atoms with van der Waals surface area (Å²) in [5.74, 6) is -2.10. The fraction of sp³-hybridized carbons (Fsp3) is 0.429. The van der Waals surface area contributed by atoms with E-state index in [1.807, 2.05) is 0 Å². The molecular formula is C14H18FNO3. The molecule has 4 nitrogen and oxygen atoms in total. The molecule has 0 aliphatic rings. The van der Waals surface area contributed by atoms with Gasteiger partial charge in [-0.05, 0) is 31.0 Å². The number of carbonyl (C=O) groups is 2. The van der Waals surface area contributed by atoms with Crippen LogP contribution in [0.2, 0.25) is 0 Å². The lowest BCUT2D eigenvalue weighted by Crippen LogP contribution is -2.37. The van der Waals surface area contributed by atoms with Gasteiger partial charge in [0.25, 0.3) is 0 Å². The third-order valence-corrected chi connectivity index (χ3v) is 3.40. The standard InChI is InChI=1S/C14H18FNO3/c1-9(2)14(3,13(18)19)8-12(17)16-11-6-4-5-10(15)7-11/h4-7,9H,8H2,1-3H3,(H,16,17)(H,18,19). The average molecular weight is 267 g/mol. The minimum atomic E-state index is -1.14. The maximum Gasteiger partial charge on any atom is 0.310 e. The first-order valence-electron chi connectivity index (χ1n) is 6.04. The number of benzene rings is 1. The van der Waals surface area contributed by atoms with Crippen LogP contribution in [0.4, 0.5) is 10.1 Å². The van der Waals surface area contributed by atoms with Crippen LogP contribution in [-0.4, -0.2) is 17.0 Å². The summed E-state index contributed by atoms with van der Waals surface area (Å²) < 4.78 is 13.0. The second-order valence-electron chi connectivity index (χ2n) is 5.11. The van der Waals surface area contributed by atoms with Crippen molar-refractivity contribution in [3.05, 3.63) is 30.1 Å². The summed E-state index contributed by atoms with van der Waals surface area (Å²) in [5.41, 5.74) is -0.821. The van der Waals surface area contributed by atoms with Gasteiger partial charge in [0.05, 0.1) is 5.41 Å². The zero-order valence-electron chi connectivity index (χ0n) is 11.2. The normalized spacial score (nSPS) is 13.9. The highest BCUT2D eigenvalue weighted by molar-refractivity contribution is 5.94. The van der Waals surface area contributed by atoms with Crippen molar-refractivity contribution in [2.75, 3.05) is 5.32 Å². The summed E-state index contributed by atoms with van der Waals surface area (Å²) >= 11 is 0. The first-order chi connectivity index (χ1) is 8.75. The molecule has 0 aromatic heterocycles. The predicted octanol–water partition coefficient (Wildman–Crippen LogP) is 2.90. The zero-order chi connectivity index (χ0) is 14.6. The Hall–Kier alpha value is -1.91. The van der Waals surface area contributed by atoms with Gasteiger partial charge in [-0.25, -0.2) is 4.39 Å². The summed E-state index contributed by atoms with van der Waals surface area (Å²) in [5, 5.41) is 11.7. The van der Waals surface area contributed by atoms with Crippen molar-refractivity contribution in [3.63, 3.8) is 0 Å². The van der Waals surface area contributed by atoms with Gasteiger partial charge in [0, 0.05) is 12.1 Å². The molecular weight excluding hydrogens is 249 g/mol. The lowest BCUT2D eigenvalue weighted by molar-refractivity contribution is -0.153. The Morgan fingerprint density at radius 2 is 2.05 bits per heavy atom. The second-order valence-corrected chi connectivity index (χ2v) is 5.11. The van der Waals surface area contributed by atoms with Crippen LogP contribution >= 0.6 is 0 Å². The summed E-state index contributed by atoms with van der Waals surface area (Å²) in [4.78, 5) is 23.1. The molecule has 2 N–H and O–H groups in total. The lowest BCUT2D eigenvalue weighted by atomic mass is 9.76. The van der Waals surface area contributed by atoms with Crippen LogP contribution < -0.4 is 5.32 Å². The molecule has 0 fully saturated rings. The van der Waals surface area contributed by atoms with Gasteiger partial charge < -0.3 is 10.4 Å². The van der Waals surface area contributed by atoms with E-state index in [9.17, 15) is 19.1 Å². The number of carbonyl (C=O) groups excluding carboxylic acids is 1. The monoisotopic (exact) mass is 267 g/mol. The highest BCUT2D eigenvalue weighted by Crippen LogP contribution is 2.31. The van der Waals surface area contributed by atoms with Crippen LogP contribution in [0.1, 0.15) is 27.2 Å². The number of nitrogens with one attached hydrogen (secondary N) is 1. The van der Waals surface area contributed by atoms with Gasteiger partial charge in [-0.15, -0.1) is 0 Å². The molecule has 1 aromatic carbocycles. The molecule has 0 heterocycles. The fourth-order valence-electron chi connectivity index (χ4n) is 1.63. The van der Waals surface area contributed by atoms with E-state index in [1.165, 1.54) is 25.1 Å². The Morgan fingerprint density at radius 3 is 2.53 bits per heavy atom. The minimum absolute atomic E-state index is 0.156. The van der Waals surface area contributed by atoms with E-state index in [1.54, 1.807) is 19.9 Å². The van der Waals surface area contributed by atoms with E-state index in [4.69, 9.17) is 0 Å². The van der Waals surface area contributed by atoms with Gasteiger partial charge >= 0.3 is 5.97 Å². The van der Waals surface area contributed by atoms with Crippen LogP contribution in [0.15, 0.2) is 24.3 Å².